The molecule has 0 aromatic rings. The number of fused-ring (bicyclic) bond motifs is 5. The van der Waals surface area contributed by atoms with Crippen LogP contribution in [0.2, 0.25) is 0 Å². The molecule has 3 nitrogen and oxygen atoms in total. The normalized spacial score (nSPS) is 54.3. The molecule has 3 heteroatoms. The average molecular weight is 304 g/mol. The van der Waals surface area contributed by atoms with Crippen LogP contribution in [0.25, 0.3) is 0 Å². The highest BCUT2D eigenvalue weighted by Crippen LogP contribution is 2.65. The summed E-state index contributed by atoms with van der Waals surface area (Å²) in [5.41, 5.74) is 1.27. The van der Waals surface area contributed by atoms with Gasteiger partial charge in [-0.05, 0) is 73.2 Å². The van der Waals surface area contributed by atoms with E-state index in [9.17, 15) is 15.0 Å². The molecule has 0 aromatic heterocycles. The molecule has 0 heterocycles. The third-order valence-electron chi connectivity index (χ3n) is 7.93. The van der Waals surface area contributed by atoms with Crippen LogP contribution in [0, 0.1) is 28.6 Å². The maximum atomic E-state index is 11.8. The topological polar surface area (TPSA) is 57.5 Å². The van der Waals surface area contributed by atoms with Crippen molar-refractivity contribution in [2.45, 2.75) is 71.0 Å². The number of aliphatic hydroxyl groups excluding tert-OH is 2. The molecule has 122 valence electrons. The lowest BCUT2D eigenvalue weighted by atomic mass is 9.46. The summed E-state index contributed by atoms with van der Waals surface area (Å²) in [6.07, 6.45) is 7.61. The first-order valence-electron chi connectivity index (χ1n) is 8.96. The van der Waals surface area contributed by atoms with E-state index in [-0.39, 0.29) is 28.8 Å². The van der Waals surface area contributed by atoms with Crippen LogP contribution in [0.5, 0.6) is 0 Å². The summed E-state index contributed by atoms with van der Waals surface area (Å²) >= 11 is 0. The molecule has 2 N–H and O–H groups in total. The van der Waals surface area contributed by atoms with Gasteiger partial charge in [-0.15, -0.1) is 0 Å². The van der Waals surface area contributed by atoms with Crippen LogP contribution in [0.1, 0.15) is 58.8 Å². The number of carbonyl (C=O) groups excluding carboxylic acids is 1. The minimum absolute atomic E-state index is 0.00971. The van der Waals surface area contributed by atoms with Gasteiger partial charge in [0.2, 0.25) is 0 Å². The molecule has 0 spiro atoms. The second-order valence-corrected chi connectivity index (χ2v) is 8.75. The fraction of sp³-hybridized carbons (Fsp3) is 0.842. The number of rotatable bonds is 0. The lowest BCUT2D eigenvalue weighted by Gasteiger charge is -2.59. The van der Waals surface area contributed by atoms with Gasteiger partial charge < -0.3 is 10.2 Å². The van der Waals surface area contributed by atoms with Gasteiger partial charge in [0.05, 0.1) is 12.2 Å². The highest BCUT2D eigenvalue weighted by Gasteiger charge is 2.61. The van der Waals surface area contributed by atoms with Crippen LogP contribution in [-0.2, 0) is 4.79 Å². The molecule has 0 bridgehead atoms. The zero-order valence-corrected chi connectivity index (χ0v) is 13.7. The summed E-state index contributed by atoms with van der Waals surface area (Å²) in [7, 11) is 0. The van der Waals surface area contributed by atoms with E-state index < -0.39 is 0 Å². The van der Waals surface area contributed by atoms with E-state index in [1.807, 2.05) is 6.08 Å². The smallest absolute Gasteiger partial charge is 0.155 e. The second-order valence-electron chi connectivity index (χ2n) is 8.75. The van der Waals surface area contributed by atoms with Gasteiger partial charge in [-0.2, -0.15) is 0 Å². The molecule has 3 fully saturated rings. The largest absolute Gasteiger partial charge is 0.393 e. The Kier molecular flexibility index (Phi) is 3.16. The van der Waals surface area contributed by atoms with Crippen molar-refractivity contribution in [3.8, 4) is 0 Å². The maximum absolute atomic E-state index is 11.8. The first kappa shape index (κ1) is 14.9. The van der Waals surface area contributed by atoms with Crippen molar-refractivity contribution in [3.63, 3.8) is 0 Å². The average Bonchev–Trinajstić information content (AvgIpc) is 2.77. The Hall–Kier alpha value is -0.670. The monoisotopic (exact) mass is 304 g/mol. The second kappa shape index (κ2) is 4.67. The molecule has 0 amide bonds. The van der Waals surface area contributed by atoms with Gasteiger partial charge in [-0.1, -0.05) is 19.4 Å². The highest BCUT2D eigenvalue weighted by molar-refractivity contribution is 5.91. The zero-order valence-electron chi connectivity index (χ0n) is 13.7. The summed E-state index contributed by atoms with van der Waals surface area (Å²) in [6, 6.07) is 0. The van der Waals surface area contributed by atoms with Crippen molar-refractivity contribution in [2.75, 3.05) is 0 Å². The minimum atomic E-state index is -0.342. The number of aliphatic hydroxyl groups is 2. The van der Waals surface area contributed by atoms with Crippen molar-refractivity contribution in [3.05, 3.63) is 11.6 Å². The van der Waals surface area contributed by atoms with Gasteiger partial charge >= 0.3 is 0 Å². The number of ketones is 1. The van der Waals surface area contributed by atoms with E-state index in [4.69, 9.17) is 0 Å². The SMILES string of the molecule is C[C@]12CCC(=O)C=C1C[C@@H](O)[C@@H]1C2CC[C@@]2(C)C1CC[C@@H]2O. The van der Waals surface area contributed by atoms with Crippen LogP contribution in [0.15, 0.2) is 11.6 Å². The first-order chi connectivity index (χ1) is 10.4. The number of carbonyl (C=O) groups is 1. The molecule has 0 saturated heterocycles. The van der Waals surface area contributed by atoms with E-state index in [0.29, 0.717) is 30.6 Å². The molecule has 7 atom stereocenters. The molecule has 22 heavy (non-hydrogen) atoms. The molecule has 0 aliphatic heterocycles. The summed E-state index contributed by atoms with van der Waals surface area (Å²) < 4.78 is 0. The van der Waals surface area contributed by atoms with Crippen molar-refractivity contribution in [1.29, 1.82) is 0 Å². The van der Waals surface area contributed by atoms with Crippen molar-refractivity contribution >= 4 is 5.78 Å². The van der Waals surface area contributed by atoms with Crippen LogP contribution >= 0.6 is 0 Å². The zero-order chi connectivity index (χ0) is 15.7. The van der Waals surface area contributed by atoms with E-state index in [0.717, 1.165) is 32.1 Å². The highest BCUT2D eigenvalue weighted by atomic mass is 16.3. The summed E-state index contributed by atoms with van der Waals surface area (Å²) in [6.45, 7) is 4.55. The van der Waals surface area contributed by atoms with Gasteiger partial charge in [-0.3, -0.25) is 4.79 Å². The first-order valence-corrected chi connectivity index (χ1v) is 8.96. The Morgan fingerprint density at radius 1 is 1.09 bits per heavy atom. The molecule has 2 unspecified atom stereocenters. The predicted octanol–water partition coefficient (Wildman–Crippen LogP) is 2.85. The third-order valence-corrected chi connectivity index (χ3v) is 7.93. The molecule has 0 radical (unpaired) electrons. The van der Waals surface area contributed by atoms with Crippen molar-refractivity contribution in [2.24, 2.45) is 28.6 Å². The Bertz CT molecular complexity index is 539. The van der Waals surface area contributed by atoms with Crippen LogP contribution in [-0.4, -0.2) is 28.2 Å². The molecule has 4 rings (SSSR count). The van der Waals surface area contributed by atoms with Crippen LogP contribution in [0.3, 0.4) is 0 Å². The van der Waals surface area contributed by atoms with E-state index in [1.165, 1.54) is 5.57 Å². The van der Waals surface area contributed by atoms with Gasteiger partial charge in [0.25, 0.3) is 0 Å². The van der Waals surface area contributed by atoms with Crippen molar-refractivity contribution in [1.82, 2.24) is 0 Å². The third kappa shape index (κ3) is 1.78. The standard InChI is InChI=1S/C19H28O3/c1-18-7-5-12(20)9-11(18)10-15(21)17-13-3-4-16(22)19(13,2)8-6-14(17)18/h9,13-17,21-22H,3-8,10H2,1-2H3/t13?,14?,15-,16+,17+,18+,19+/m1/s1. The van der Waals surface area contributed by atoms with Gasteiger partial charge in [0.1, 0.15) is 0 Å². The fourth-order valence-corrected chi connectivity index (χ4v) is 6.50. The molecule has 3 saturated carbocycles. The number of hydrogen-bond acceptors (Lipinski definition) is 3. The fourth-order valence-electron chi connectivity index (χ4n) is 6.50. The quantitative estimate of drug-likeness (QED) is 0.723. The van der Waals surface area contributed by atoms with Crippen LogP contribution in [0.4, 0.5) is 0 Å². The van der Waals surface area contributed by atoms with E-state index >= 15 is 0 Å². The predicted molar refractivity (Wildman–Crippen MR) is 84.1 cm³/mol. The minimum Gasteiger partial charge on any atom is -0.393 e. The summed E-state index contributed by atoms with van der Waals surface area (Å²) in [5, 5.41) is 21.3. The molecule has 4 aliphatic carbocycles. The Morgan fingerprint density at radius 2 is 1.86 bits per heavy atom. The molecule has 4 aliphatic rings. The van der Waals surface area contributed by atoms with E-state index in [1.54, 1.807) is 0 Å². The summed E-state index contributed by atoms with van der Waals surface area (Å²) in [4.78, 5) is 11.8. The molecule has 0 aromatic carbocycles. The Labute approximate surface area is 132 Å². The van der Waals surface area contributed by atoms with Crippen molar-refractivity contribution < 1.29 is 15.0 Å². The lowest BCUT2D eigenvalue weighted by molar-refractivity contribution is -0.127. The van der Waals surface area contributed by atoms with Gasteiger partial charge in [0, 0.05) is 6.42 Å². The molecular weight excluding hydrogens is 276 g/mol. The maximum Gasteiger partial charge on any atom is 0.155 e. The Morgan fingerprint density at radius 3 is 2.64 bits per heavy atom. The van der Waals surface area contributed by atoms with Gasteiger partial charge in [-0.25, -0.2) is 0 Å². The molecular formula is C19H28O3. The number of hydrogen-bond donors (Lipinski definition) is 2. The summed E-state index contributed by atoms with van der Waals surface area (Å²) in [5.74, 6) is 1.44. The van der Waals surface area contributed by atoms with Gasteiger partial charge in [0.15, 0.2) is 5.78 Å². The Balaban J connectivity index is 1.74. The lowest BCUT2D eigenvalue weighted by Crippen LogP contribution is -2.55. The van der Waals surface area contributed by atoms with Crippen LogP contribution < -0.4 is 0 Å². The van der Waals surface area contributed by atoms with E-state index in [2.05, 4.69) is 13.8 Å².